The molecule has 0 aliphatic carbocycles. The first-order valence-corrected chi connectivity index (χ1v) is 6.88. The zero-order chi connectivity index (χ0) is 15.7. The summed E-state index contributed by atoms with van der Waals surface area (Å²) in [4.78, 5) is 15.8. The zero-order valence-corrected chi connectivity index (χ0v) is 13.4. The Morgan fingerprint density at radius 3 is 2.90 bits per heavy atom. The average Bonchev–Trinajstić information content (AvgIpc) is 2.49. The van der Waals surface area contributed by atoms with Crippen molar-refractivity contribution in [3.05, 3.63) is 64.6 Å². The van der Waals surface area contributed by atoms with E-state index in [0.717, 1.165) is 4.47 Å². The molecule has 6 heteroatoms. The topological polar surface area (TPSA) is 63.6 Å². The van der Waals surface area contributed by atoms with Crippen LogP contribution in [0.2, 0.25) is 0 Å². The lowest BCUT2D eigenvalue weighted by molar-refractivity contribution is 0.0954. The molecule has 0 saturated heterocycles. The number of halogens is 1. The molecule has 0 radical (unpaired) electrons. The summed E-state index contributed by atoms with van der Waals surface area (Å²) >= 11 is 3.25. The van der Waals surface area contributed by atoms with E-state index in [1.54, 1.807) is 18.3 Å². The molecule has 0 aliphatic heterocycles. The summed E-state index contributed by atoms with van der Waals surface area (Å²) in [7, 11) is 1.52. The van der Waals surface area contributed by atoms with E-state index in [9.17, 15) is 4.79 Å². The summed E-state index contributed by atoms with van der Waals surface area (Å²) < 4.78 is 5.77. The molecule has 0 aliphatic rings. The minimum atomic E-state index is -0.353. The van der Waals surface area contributed by atoms with Gasteiger partial charge in [0.25, 0.3) is 5.91 Å². The summed E-state index contributed by atoms with van der Waals surface area (Å²) in [5.41, 5.74) is 3.48. The third-order valence-electron chi connectivity index (χ3n) is 2.37. The average molecular weight is 350 g/mol. The minimum absolute atomic E-state index is 0.353. The normalized spacial score (nSPS) is 11.9. The molecular formula is C15H16BrN3O2. The van der Waals surface area contributed by atoms with Gasteiger partial charge in [0.2, 0.25) is 0 Å². The lowest BCUT2D eigenvalue weighted by Gasteiger charge is -2.04. The van der Waals surface area contributed by atoms with E-state index in [-0.39, 0.29) is 5.91 Å². The van der Waals surface area contributed by atoms with Gasteiger partial charge in [0.1, 0.15) is 5.76 Å². The van der Waals surface area contributed by atoms with Crippen molar-refractivity contribution in [1.29, 1.82) is 0 Å². The van der Waals surface area contributed by atoms with Gasteiger partial charge in [-0.3, -0.25) is 9.78 Å². The number of nitrogens with one attached hydrogen (secondary N) is 1. The Balaban J connectivity index is 2.75. The first-order valence-electron chi connectivity index (χ1n) is 6.08. The molecule has 0 bridgehead atoms. The first kappa shape index (κ1) is 16.8. The van der Waals surface area contributed by atoms with E-state index in [2.05, 4.69) is 38.0 Å². The summed E-state index contributed by atoms with van der Waals surface area (Å²) in [6, 6.07) is 1.66. The van der Waals surface area contributed by atoms with Crippen molar-refractivity contribution in [2.24, 2.45) is 5.10 Å². The number of hydrazone groups is 1. The molecule has 110 valence electrons. The van der Waals surface area contributed by atoms with Crippen molar-refractivity contribution in [1.82, 2.24) is 10.4 Å². The number of aromatic nitrogens is 1. The number of pyridine rings is 1. The Morgan fingerprint density at radius 2 is 2.29 bits per heavy atom. The number of methoxy groups -OCH3 is 1. The molecule has 1 amide bonds. The Kier molecular flexibility index (Phi) is 7.11. The largest absolute Gasteiger partial charge is 0.497 e. The molecule has 0 aromatic carbocycles. The molecule has 1 rings (SSSR count). The molecule has 0 unspecified atom stereocenters. The van der Waals surface area contributed by atoms with Crippen LogP contribution in [0.1, 0.15) is 17.3 Å². The molecule has 1 aromatic rings. The van der Waals surface area contributed by atoms with Gasteiger partial charge in [-0.15, -0.1) is 0 Å². The molecule has 0 spiro atoms. The van der Waals surface area contributed by atoms with E-state index >= 15 is 0 Å². The standard InChI is InChI=1S/C15H16BrN3O2/c1-4-5-6-12(11(2)21-3)9-18-19-15(20)13-7-14(16)10-17-8-13/h4-10H,2H2,1,3H3,(H,19,20)/b5-4-,12-6-,18-9+. The second-order valence-corrected chi connectivity index (χ2v) is 4.78. The highest BCUT2D eigenvalue weighted by atomic mass is 79.9. The number of allylic oxidation sites excluding steroid dienone is 4. The van der Waals surface area contributed by atoms with Crippen LogP contribution < -0.4 is 5.43 Å². The van der Waals surface area contributed by atoms with E-state index < -0.39 is 0 Å². The fourth-order valence-electron chi connectivity index (χ4n) is 1.29. The number of hydrogen-bond acceptors (Lipinski definition) is 4. The second kappa shape index (κ2) is 8.86. The lowest BCUT2D eigenvalue weighted by Crippen LogP contribution is -2.18. The molecule has 21 heavy (non-hydrogen) atoms. The van der Waals surface area contributed by atoms with Gasteiger partial charge in [-0.2, -0.15) is 5.10 Å². The Hall–Kier alpha value is -2.21. The lowest BCUT2D eigenvalue weighted by atomic mass is 10.2. The fraction of sp³-hybridized carbons (Fsp3) is 0.133. The Bertz CT molecular complexity index is 607. The predicted octanol–water partition coefficient (Wildman–Crippen LogP) is 3.22. The van der Waals surface area contributed by atoms with Crippen molar-refractivity contribution >= 4 is 28.1 Å². The van der Waals surface area contributed by atoms with Crippen LogP contribution in [0.3, 0.4) is 0 Å². The van der Waals surface area contributed by atoms with Crippen LogP contribution >= 0.6 is 15.9 Å². The third kappa shape index (κ3) is 5.74. The summed E-state index contributed by atoms with van der Waals surface area (Å²) in [5, 5.41) is 3.89. The zero-order valence-electron chi connectivity index (χ0n) is 11.8. The van der Waals surface area contributed by atoms with Crippen LogP contribution in [-0.4, -0.2) is 24.2 Å². The molecule has 5 nitrogen and oxygen atoms in total. The van der Waals surface area contributed by atoms with Gasteiger partial charge in [-0.1, -0.05) is 18.7 Å². The number of amides is 1. The van der Waals surface area contributed by atoms with Gasteiger partial charge < -0.3 is 4.74 Å². The molecule has 1 aromatic heterocycles. The molecule has 0 saturated carbocycles. The molecule has 0 atom stereocenters. The van der Waals surface area contributed by atoms with Gasteiger partial charge in [0, 0.05) is 22.4 Å². The van der Waals surface area contributed by atoms with Crippen molar-refractivity contribution < 1.29 is 9.53 Å². The molecule has 1 heterocycles. The fourth-order valence-corrected chi connectivity index (χ4v) is 1.65. The summed E-state index contributed by atoms with van der Waals surface area (Å²) in [5.74, 6) is 0.101. The maximum absolute atomic E-state index is 11.9. The van der Waals surface area contributed by atoms with Crippen LogP contribution in [0.25, 0.3) is 0 Å². The van der Waals surface area contributed by atoms with E-state index in [1.807, 2.05) is 19.1 Å². The second-order valence-electron chi connectivity index (χ2n) is 3.87. The van der Waals surface area contributed by atoms with Crippen LogP contribution in [0, 0.1) is 0 Å². The highest BCUT2D eigenvalue weighted by Gasteiger charge is 2.05. The van der Waals surface area contributed by atoms with E-state index in [4.69, 9.17) is 4.74 Å². The number of hydrogen-bond donors (Lipinski definition) is 1. The van der Waals surface area contributed by atoms with Gasteiger partial charge >= 0.3 is 0 Å². The van der Waals surface area contributed by atoms with Crippen molar-refractivity contribution in [3.8, 4) is 0 Å². The van der Waals surface area contributed by atoms with Crippen molar-refractivity contribution in [3.63, 3.8) is 0 Å². The van der Waals surface area contributed by atoms with Gasteiger partial charge in [0.15, 0.2) is 0 Å². The monoisotopic (exact) mass is 349 g/mol. The number of ether oxygens (including phenoxy) is 1. The molecule has 1 N–H and O–H groups in total. The quantitative estimate of drug-likeness (QED) is 0.371. The number of rotatable bonds is 6. The van der Waals surface area contributed by atoms with Gasteiger partial charge in [-0.05, 0) is 35.0 Å². The van der Waals surface area contributed by atoms with Gasteiger partial charge in [0.05, 0.1) is 18.9 Å². The van der Waals surface area contributed by atoms with Crippen molar-refractivity contribution in [2.45, 2.75) is 6.92 Å². The van der Waals surface area contributed by atoms with E-state index in [1.165, 1.54) is 19.5 Å². The van der Waals surface area contributed by atoms with Crippen LogP contribution in [0.4, 0.5) is 0 Å². The predicted molar refractivity (Wildman–Crippen MR) is 86.9 cm³/mol. The van der Waals surface area contributed by atoms with Gasteiger partial charge in [-0.25, -0.2) is 5.43 Å². The Labute approximate surface area is 132 Å². The number of carbonyl (C=O) groups is 1. The maximum Gasteiger partial charge on any atom is 0.272 e. The van der Waals surface area contributed by atoms with E-state index in [0.29, 0.717) is 16.9 Å². The smallest absolute Gasteiger partial charge is 0.272 e. The molecular weight excluding hydrogens is 334 g/mol. The number of carbonyl (C=O) groups excluding carboxylic acids is 1. The highest BCUT2D eigenvalue weighted by molar-refractivity contribution is 9.10. The molecule has 0 fully saturated rings. The van der Waals surface area contributed by atoms with Crippen LogP contribution in [0.15, 0.2) is 64.2 Å². The third-order valence-corrected chi connectivity index (χ3v) is 2.81. The summed E-state index contributed by atoms with van der Waals surface area (Å²) in [6.07, 6.45) is 9.99. The first-order chi connectivity index (χ1) is 10.1. The maximum atomic E-state index is 11.9. The minimum Gasteiger partial charge on any atom is -0.497 e. The number of nitrogens with zero attached hydrogens (tertiary/aromatic N) is 2. The Morgan fingerprint density at radius 1 is 1.52 bits per heavy atom. The summed E-state index contributed by atoms with van der Waals surface area (Å²) in [6.45, 7) is 5.64. The highest BCUT2D eigenvalue weighted by Crippen LogP contribution is 2.09. The van der Waals surface area contributed by atoms with Crippen LogP contribution in [0.5, 0.6) is 0 Å². The van der Waals surface area contributed by atoms with Crippen LogP contribution in [-0.2, 0) is 4.74 Å². The SMILES string of the molecule is C=C(OC)C(=C\C=C/C)/C=N/NC(=O)c1cncc(Br)c1. The van der Waals surface area contributed by atoms with Crippen molar-refractivity contribution in [2.75, 3.05) is 7.11 Å².